The predicted molar refractivity (Wildman–Crippen MR) is 106 cm³/mol. The van der Waals surface area contributed by atoms with E-state index in [2.05, 4.69) is 30.4 Å². The van der Waals surface area contributed by atoms with Crippen molar-refractivity contribution in [3.63, 3.8) is 0 Å². The van der Waals surface area contributed by atoms with Crippen molar-refractivity contribution in [2.75, 3.05) is 6.61 Å². The van der Waals surface area contributed by atoms with Gasteiger partial charge in [-0.3, -0.25) is 4.79 Å². The molecule has 3 nitrogen and oxygen atoms in total. The van der Waals surface area contributed by atoms with Crippen LogP contribution in [0.4, 0.5) is 0 Å². The lowest BCUT2D eigenvalue weighted by Crippen LogP contribution is -2.28. The van der Waals surface area contributed by atoms with Crippen molar-refractivity contribution < 1.29 is 9.53 Å². The Morgan fingerprint density at radius 2 is 1.85 bits per heavy atom. The molecule has 3 rings (SSSR count). The van der Waals surface area contributed by atoms with Gasteiger partial charge in [0, 0.05) is 5.56 Å². The summed E-state index contributed by atoms with van der Waals surface area (Å²) in [7, 11) is 0. The summed E-state index contributed by atoms with van der Waals surface area (Å²) in [6.45, 7) is 6.68. The minimum absolute atomic E-state index is 0.0271. The third kappa shape index (κ3) is 4.09. The fourth-order valence-corrected chi connectivity index (χ4v) is 3.74. The first kappa shape index (κ1) is 18.5. The summed E-state index contributed by atoms with van der Waals surface area (Å²) in [5, 5.41) is 3.21. The molecule has 1 atom stereocenters. The van der Waals surface area contributed by atoms with Crippen LogP contribution in [0.5, 0.6) is 5.75 Å². The number of rotatable bonds is 6. The normalized spacial score (nSPS) is 14.4. The third-order valence-electron chi connectivity index (χ3n) is 5.23. The second-order valence-electron chi connectivity index (χ2n) is 7.08. The first-order chi connectivity index (χ1) is 12.6. The summed E-state index contributed by atoms with van der Waals surface area (Å²) >= 11 is 0. The van der Waals surface area contributed by atoms with Crippen LogP contribution < -0.4 is 10.1 Å². The maximum Gasteiger partial charge on any atom is 0.251 e. The number of nitrogens with one attached hydrogen (secondary N) is 1. The summed E-state index contributed by atoms with van der Waals surface area (Å²) in [5.41, 5.74) is 5.81. The van der Waals surface area contributed by atoms with E-state index in [-0.39, 0.29) is 11.9 Å². The molecule has 0 unspecified atom stereocenters. The number of carbonyl (C=O) groups is 1. The maximum absolute atomic E-state index is 12.7. The molecule has 0 aliphatic heterocycles. The van der Waals surface area contributed by atoms with Gasteiger partial charge in [0.05, 0.1) is 12.6 Å². The number of carbonyl (C=O) groups excluding carboxylic acids is 1. The van der Waals surface area contributed by atoms with Crippen LogP contribution in [0.25, 0.3) is 0 Å². The van der Waals surface area contributed by atoms with Crippen molar-refractivity contribution in [2.45, 2.75) is 58.9 Å². The van der Waals surface area contributed by atoms with E-state index in [1.165, 1.54) is 36.0 Å². The smallest absolute Gasteiger partial charge is 0.251 e. The molecule has 2 aromatic carbocycles. The molecule has 0 fully saturated rings. The molecule has 1 aliphatic carbocycles. The van der Waals surface area contributed by atoms with Gasteiger partial charge in [-0.15, -0.1) is 0 Å². The van der Waals surface area contributed by atoms with Gasteiger partial charge in [0.2, 0.25) is 0 Å². The Hall–Kier alpha value is -2.29. The third-order valence-corrected chi connectivity index (χ3v) is 5.23. The summed E-state index contributed by atoms with van der Waals surface area (Å²) in [6, 6.07) is 12.4. The van der Waals surface area contributed by atoms with E-state index in [1.807, 2.05) is 32.0 Å². The van der Waals surface area contributed by atoms with Gasteiger partial charge in [-0.1, -0.05) is 25.1 Å². The molecule has 0 aromatic heterocycles. The first-order valence-electron chi connectivity index (χ1n) is 9.78. The largest absolute Gasteiger partial charge is 0.494 e. The zero-order valence-electron chi connectivity index (χ0n) is 16.1. The standard InChI is InChI=1S/C23H29NO2/c1-4-21(19-11-10-17-8-6-7-9-18(17)15-19)24-23(25)20-12-13-22(26-5-2)16(3)14-20/h10-15,21H,4-9H2,1-3H3,(H,24,25)/t21-/m0/s1. The van der Waals surface area contributed by atoms with Gasteiger partial charge in [0.1, 0.15) is 5.75 Å². The molecule has 0 radical (unpaired) electrons. The number of amides is 1. The lowest BCUT2D eigenvalue weighted by atomic mass is 9.88. The van der Waals surface area contributed by atoms with Crippen molar-refractivity contribution in [3.8, 4) is 5.75 Å². The number of hydrogen-bond acceptors (Lipinski definition) is 2. The van der Waals surface area contributed by atoms with Crippen molar-refractivity contribution in [1.29, 1.82) is 0 Å². The molecule has 1 aliphatic rings. The van der Waals surface area contributed by atoms with Crippen molar-refractivity contribution in [1.82, 2.24) is 5.32 Å². The second kappa shape index (κ2) is 8.39. The molecule has 0 bridgehead atoms. The predicted octanol–water partition coefficient (Wildman–Crippen LogP) is 5.15. The highest BCUT2D eigenvalue weighted by molar-refractivity contribution is 5.94. The highest BCUT2D eigenvalue weighted by atomic mass is 16.5. The molecular formula is C23H29NO2. The molecule has 0 saturated carbocycles. The monoisotopic (exact) mass is 351 g/mol. The molecule has 1 amide bonds. The van der Waals surface area contributed by atoms with Gasteiger partial charge in [0.25, 0.3) is 5.91 Å². The van der Waals surface area contributed by atoms with Crippen LogP contribution in [-0.2, 0) is 12.8 Å². The average molecular weight is 351 g/mol. The number of ether oxygens (including phenoxy) is 1. The Balaban J connectivity index is 1.75. The van der Waals surface area contributed by atoms with E-state index >= 15 is 0 Å². The highest BCUT2D eigenvalue weighted by Crippen LogP contribution is 2.26. The Bertz CT molecular complexity index is 782. The van der Waals surface area contributed by atoms with Crippen LogP contribution in [0.2, 0.25) is 0 Å². The van der Waals surface area contributed by atoms with E-state index in [0.29, 0.717) is 12.2 Å². The van der Waals surface area contributed by atoms with Gasteiger partial charge in [-0.25, -0.2) is 0 Å². The number of benzene rings is 2. The van der Waals surface area contributed by atoms with Gasteiger partial charge < -0.3 is 10.1 Å². The SMILES string of the molecule is CCOc1ccc(C(=O)N[C@@H](CC)c2ccc3c(c2)CCCC3)cc1C. The van der Waals surface area contributed by atoms with Crippen LogP contribution in [0.15, 0.2) is 36.4 Å². The van der Waals surface area contributed by atoms with Crippen LogP contribution in [0.1, 0.15) is 71.8 Å². The fourth-order valence-electron chi connectivity index (χ4n) is 3.74. The van der Waals surface area contributed by atoms with Gasteiger partial charge in [-0.05, 0) is 86.4 Å². The Morgan fingerprint density at radius 1 is 1.08 bits per heavy atom. The lowest BCUT2D eigenvalue weighted by Gasteiger charge is -2.22. The van der Waals surface area contributed by atoms with Crippen molar-refractivity contribution in [3.05, 3.63) is 64.2 Å². The Kier molecular flexibility index (Phi) is 5.97. The van der Waals surface area contributed by atoms with Gasteiger partial charge in [0.15, 0.2) is 0 Å². The molecule has 1 N–H and O–H groups in total. The summed E-state index contributed by atoms with van der Waals surface area (Å²) in [4.78, 5) is 12.7. The van der Waals surface area contributed by atoms with Gasteiger partial charge in [-0.2, -0.15) is 0 Å². The summed E-state index contributed by atoms with van der Waals surface area (Å²) < 4.78 is 5.56. The Morgan fingerprint density at radius 3 is 2.54 bits per heavy atom. The van der Waals surface area contributed by atoms with Gasteiger partial charge >= 0.3 is 0 Å². The summed E-state index contributed by atoms with van der Waals surface area (Å²) in [5.74, 6) is 0.812. The van der Waals surface area contributed by atoms with Crippen molar-refractivity contribution >= 4 is 5.91 Å². The Labute approximate surface area is 156 Å². The second-order valence-corrected chi connectivity index (χ2v) is 7.08. The van der Waals surface area contributed by atoms with Crippen molar-refractivity contribution in [2.24, 2.45) is 0 Å². The van der Waals surface area contributed by atoms with E-state index in [0.717, 1.165) is 24.2 Å². The maximum atomic E-state index is 12.7. The van der Waals surface area contributed by atoms with Crippen LogP contribution >= 0.6 is 0 Å². The van der Waals surface area contributed by atoms with E-state index in [4.69, 9.17) is 4.74 Å². The number of fused-ring (bicyclic) bond motifs is 1. The molecule has 0 saturated heterocycles. The number of aryl methyl sites for hydroxylation is 3. The topological polar surface area (TPSA) is 38.3 Å². The molecule has 26 heavy (non-hydrogen) atoms. The minimum atomic E-state index is -0.0271. The highest BCUT2D eigenvalue weighted by Gasteiger charge is 2.17. The molecular weight excluding hydrogens is 322 g/mol. The molecule has 2 aromatic rings. The van der Waals surface area contributed by atoms with E-state index in [9.17, 15) is 4.79 Å². The zero-order valence-corrected chi connectivity index (χ0v) is 16.1. The van der Waals surface area contributed by atoms with E-state index in [1.54, 1.807) is 0 Å². The zero-order chi connectivity index (χ0) is 18.5. The van der Waals surface area contributed by atoms with Crippen LogP contribution in [0, 0.1) is 6.92 Å². The molecule has 138 valence electrons. The fraction of sp³-hybridized carbons (Fsp3) is 0.435. The lowest BCUT2D eigenvalue weighted by molar-refractivity contribution is 0.0935. The number of hydrogen-bond donors (Lipinski definition) is 1. The first-order valence-corrected chi connectivity index (χ1v) is 9.78. The van der Waals surface area contributed by atoms with E-state index < -0.39 is 0 Å². The van der Waals surface area contributed by atoms with Crippen LogP contribution in [0.3, 0.4) is 0 Å². The minimum Gasteiger partial charge on any atom is -0.494 e. The van der Waals surface area contributed by atoms with Crippen LogP contribution in [-0.4, -0.2) is 12.5 Å². The quantitative estimate of drug-likeness (QED) is 0.781. The molecule has 0 spiro atoms. The molecule has 3 heteroatoms. The summed E-state index contributed by atoms with van der Waals surface area (Å²) in [6.07, 6.45) is 5.78. The average Bonchev–Trinajstić information content (AvgIpc) is 2.67. The molecule has 0 heterocycles.